The van der Waals surface area contributed by atoms with Crippen LogP contribution in [-0.4, -0.2) is 48.1 Å². The van der Waals surface area contributed by atoms with Gasteiger partial charge in [0.15, 0.2) is 11.6 Å². The minimum atomic E-state index is -0.740. The first-order valence-corrected chi connectivity index (χ1v) is 9.84. The molecule has 6 rings (SSSR count). The number of piperidine rings is 3. The van der Waals surface area contributed by atoms with Crippen LogP contribution in [0.4, 0.5) is 8.78 Å². The summed E-state index contributed by atoms with van der Waals surface area (Å²) in [6.07, 6.45) is 8.20. The summed E-state index contributed by atoms with van der Waals surface area (Å²) < 4.78 is 33.8. The minimum absolute atomic E-state index is 0.0193. The largest absolute Gasteiger partial charge is 0.465 e. The molecule has 4 fully saturated rings. The van der Waals surface area contributed by atoms with E-state index in [0.717, 1.165) is 31.9 Å². The molecule has 2 aromatic rings. The molecule has 1 aromatic carbocycles. The summed E-state index contributed by atoms with van der Waals surface area (Å²) in [6, 6.07) is 9.13. The summed E-state index contributed by atoms with van der Waals surface area (Å²) in [7, 11) is 0. The number of fused-ring (bicyclic) bond motifs is 2. The Hall–Kier alpha value is -1.98. The number of benzene rings is 1. The molecular formula is C22H24F2N2O. The van der Waals surface area contributed by atoms with Gasteiger partial charge >= 0.3 is 0 Å². The van der Waals surface area contributed by atoms with Crippen LogP contribution in [-0.2, 0) is 0 Å². The van der Waals surface area contributed by atoms with E-state index in [1.54, 1.807) is 18.4 Å². The normalized spacial score (nSPS) is 33.0. The molecule has 4 saturated heterocycles. The molecule has 0 aliphatic carbocycles. The summed E-state index contributed by atoms with van der Waals surface area (Å²) in [5.74, 6) is 0.102. The number of furan rings is 1. The highest BCUT2D eigenvalue weighted by molar-refractivity contribution is 5.42. The van der Waals surface area contributed by atoms with E-state index >= 15 is 0 Å². The van der Waals surface area contributed by atoms with Crippen molar-refractivity contribution in [2.24, 2.45) is 5.92 Å². The molecule has 0 radical (unpaired) electrons. The highest BCUT2D eigenvalue weighted by Crippen LogP contribution is 2.47. The van der Waals surface area contributed by atoms with Crippen molar-refractivity contribution in [3.63, 3.8) is 0 Å². The molecule has 142 valence electrons. The fourth-order valence-corrected chi connectivity index (χ4v) is 5.52. The predicted molar refractivity (Wildman–Crippen MR) is 100 cm³/mol. The number of halogens is 2. The van der Waals surface area contributed by atoms with Crippen LogP contribution < -0.4 is 0 Å². The number of likely N-dealkylation sites (tertiary alicyclic amines) is 1. The van der Waals surface area contributed by atoms with Crippen molar-refractivity contribution in [3.05, 3.63) is 65.6 Å². The SMILES string of the molecule is Fc1cccc([C@@H]2CN(CC=Cc3ccco3)[C@@H]3C4CCN(CC4)[C@@H]32)c1F. The van der Waals surface area contributed by atoms with Crippen LogP contribution >= 0.6 is 0 Å². The Morgan fingerprint density at radius 1 is 1.07 bits per heavy atom. The van der Waals surface area contributed by atoms with E-state index in [9.17, 15) is 8.78 Å². The van der Waals surface area contributed by atoms with Gasteiger partial charge < -0.3 is 4.42 Å². The minimum Gasteiger partial charge on any atom is -0.465 e. The molecule has 0 unspecified atom stereocenters. The Kier molecular flexibility index (Phi) is 4.37. The summed E-state index contributed by atoms with van der Waals surface area (Å²) in [5, 5.41) is 0. The second kappa shape index (κ2) is 6.88. The lowest BCUT2D eigenvalue weighted by molar-refractivity contribution is -0.00369. The van der Waals surface area contributed by atoms with E-state index in [1.807, 2.05) is 18.2 Å². The van der Waals surface area contributed by atoms with Gasteiger partial charge in [0.2, 0.25) is 0 Å². The maximum absolute atomic E-state index is 14.6. The Balaban J connectivity index is 1.44. The number of hydrogen-bond donors (Lipinski definition) is 0. The van der Waals surface area contributed by atoms with Crippen molar-refractivity contribution in [2.75, 3.05) is 26.2 Å². The van der Waals surface area contributed by atoms with Crippen LogP contribution in [0.25, 0.3) is 6.08 Å². The second-order valence-corrected chi connectivity index (χ2v) is 7.98. The van der Waals surface area contributed by atoms with Gasteiger partial charge in [0.1, 0.15) is 5.76 Å². The van der Waals surface area contributed by atoms with E-state index in [4.69, 9.17) is 4.42 Å². The zero-order valence-electron chi connectivity index (χ0n) is 15.2. The summed E-state index contributed by atoms with van der Waals surface area (Å²) in [5.41, 5.74) is 0.537. The zero-order valence-corrected chi connectivity index (χ0v) is 15.2. The lowest BCUT2D eigenvalue weighted by Crippen LogP contribution is -2.60. The molecule has 0 amide bonds. The van der Waals surface area contributed by atoms with Gasteiger partial charge in [-0.3, -0.25) is 9.80 Å². The third kappa shape index (κ3) is 2.93. The summed E-state index contributed by atoms with van der Waals surface area (Å²) in [6.45, 7) is 3.73. The molecule has 1 aromatic heterocycles. The van der Waals surface area contributed by atoms with Crippen molar-refractivity contribution in [3.8, 4) is 0 Å². The fraction of sp³-hybridized carbons (Fsp3) is 0.455. The van der Waals surface area contributed by atoms with Gasteiger partial charge in [0.05, 0.1) is 6.26 Å². The molecule has 5 heteroatoms. The van der Waals surface area contributed by atoms with E-state index in [-0.39, 0.29) is 12.0 Å². The van der Waals surface area contributed by atoms with E-state index < -0.39 is 11.6 Å². The molecular weight excluding hydrogens is 346 g/mol. The van der Waals surface area contributed by atoms with Crippen LogP contribution in [0, 0.1) is 17.6 Å². The van der Waals surface area contributed by atoms with Crippen LogP contribution in [0.3, 0.4) is 0 Å². The van der Waals surface area contributed by atoms with Crippen LogP contribution in [0.2, 0.25) is 0 Å². The van der Waals surface area contributed by atoms with Crippen molar-refractivity contribution in [1.29, 1.82) is 0 Å². The molecule has 0 N–H and O–H groups in total. The van der Waals surface area contributed by atoms with Gasteiger partial charge in [-0.25, -0.2) is 8.78 Å². The smallest absolute Gasteiger partial charge is 0.162 e. The molecule has 3 nitrogen and oxygen atoms in total. The third-order valence-corrected chi connectivity index (χ3v) is 6.64. The maximum Gasteiger partial charge on any atom is 0.162 e. The lowest BCUT2D eigenvalue weighted by atomic mass is 9.75. The first-order valence-electron chi connectivity index (χ1n) is 9.84. The summed E-state index contributed by atoms with van der Waals surface area (Å²) in [4.78, 5) is 4.98. The van der Waals surface area contributed by atoms with Crippen LogP contribution in [0.5, 0.6) is 0 Å². The Labute approximate surface area is 158 Å². The fourth-order valence-electron chi connectivity index (χ4n) is 5.52. The van der Waals surface area contributed by atoms with Crippen LogP contribution in [0.15, 0.2) is 47.1 Å². The topological polar surface area (TPSA) is 19.6 Å². The molecule has 0 spiro atoms. The molecule has 2 bridgehead atoms. The van der Waals surface area contributed by atoms with Gasteiger partial charge in [0.25, 0.3) is 0 Å². The molecule has 4 aliphatic heterocycles. The standard InChI is InChI=1S/C22H24F2N2O/c23-19-7-1-6-17(20(19)24)18-14-26(10-2-4-16-5-3-13-27-16)21-15-8-11-25(12-9-15)22(18)21/h1-7,13,15,18,21-22H,8-12,14H2/t18-,21+,22+/m0/s1. The van der Waals surface area contributed by atoms with E-state index in [0.29, 0.717) is 17.5 Å². The maximum atomic E-state index is 14.6. The van der Waals surface area contributed by atoms with E-state index in [1.165, 1.54) is 18.9 Å². The van der Waals surface area contributed by atoms with Gasteiger partial charge in [-0.2, -0.15) is 0 Å². The molecule has 3 atom stereocenters. The van der Waals surface area contributed by atoms with Gasteiger partial charge in [-0.15, -0.1) is 0 Å². The van der Waals surface area contributed by atoms with Gasteiger partial charge in [-0.1, -0.05) is 18.2 Å². The lowest BCUT2D eigenvalue weighted by Gasteiger charge is -2.51. The number of nitrogens with zero attached hydrogens (tertiary/aromatic N) is 2. The first-order chi connectivity index (χ1) is 13.2. The van der Waals surface area contributed by atoms with Crippen molar-refractivity contribution in [1.82, 2.24) is 9.80 Å². The molecule has 0 saturated carbocycles. The number of rotatable bonds is 4. The quantitative estimate of drug-likeness (QED) is 0.807. The van der Waals surface area contributed by atoms with Gasteiger partial charge in [-0.05, 0) is 61.7 Å². The summed E-state index contributed by atoms with van der Waals surface area (Å²) >= 11 is 0. The highest BCUT2D eigenvalue weighted by atomic mass is 19.2. The van der Waals surface area contributed by atoms with Crippen molar-refractivity contribution < 1.29 is 13.2 Å². The van der Waals surface area contributed by atoms with Crippen LogP contribution in [0.1, 0.15) is 30.1 Å². The van der Waals surface area contributed by atoms with Crippen molar-refractivity contribution in [2.45, 2.75) is 30.8 Å². The Morgan fingerprint density at radius 2 is 1.93 bits per heavy atom. The molecule has 4 aliphatic rings. The zero-order chi connectivity index (χ0) is 18.4. The Morgan fingerprint density at radius 3 is 2.70 bits per heavy atom. The molecule has 5 heterocycles. The Bertz CT molecular complexity index is 827. The third-order valence-electron chi connectivity index (χ3n) is 6.64. The average Bonchev–Trinajstić information content (AvgIpc) is 3.34. The van der Waals surface area contributed by atoms with Gasteiger partial charge in [0, 0.05) is 31.1 Å². The number of hydrogen-bond acceptors (Lipinski definition) is 3. The van der Waals surface area contributed by atoms with Crippen molar-refractivity contribution >= 4 is 6.08 Å². The van der Waals surface area contributed by atoms with E-state index in [2.05, 4.69) is 15.9 Å². The monoisotopic (exact) mass is 370 g/mol. The molecule has 27 heavy (non-hydrogen) atoms. The second-order valence-electron chi connectivity index (χ2n) is 7.98. The first kappa shape index (κ1) is 17.1. The highest BCUT2D eigenvalue weighted by Gasteiger charge is 2.53. The average molecular weight is 370 g/mol. The predicted octanol–water partition coefficient (Wildman–Crippen LogP) is 4.13.